The van der Waals surface area contributed by atoms with Crippen molar-refractivity contribution in [1.29, 1.82) is 0 Å². The van der Waals surface area contributed by atoms with E-state index in [0.717, 1.165) is 17.1 Å². The van der Waals surface area contributed by atoms with Gasteiger partial charge in [-0.15, -0.1) is 0 Å². The highest BCUT2D eigenvalue weighted by Crippen LogP contribution is 2.29. The van der Waals surface area contributed by atoms with Crippen LogP contribution in [0, 0.1) is 0 Å². The first kappa shape index (κ1) is 17.3. The predicted molar refractivity (Wildman–Crippen MR) is 83.9 cm³/mol. The summed E-state index contributed by atoms with van der Waals surface area (Å²) >= 11 is 0. The van der Waals surface area contributed by atoms with Crippen LogP contribution in [0.25, 0.3) is 0 Å². The van der Waals surface area contributed by atoms with Crippen molar-refractivity contribution in [3.05, 3.63) is 23.8 Å². The number of hydrogen-bond acceptors (Lipinski definition) is 4. The van der Waals surface area contributed by atoms with Crippen molar-refractivity contribution >= 4 is 5.91 Å². The summed E-state index contributed by atoms with van der Waals surface area (Å²) in [5.41, 5.74) is 1.01. The number of methoxy groups -OCH3 is 2. The lowest BCUT2D eigenvalue weighted by molar-refractivity contribution is -0.121. The standard InChI is InChI=1S/C16H26N2O3/c1-11(2)18-16(19)8-9-17-12(3)14-10-13(20-4)6-7-15(14)21-5/h6-7,10-12,17H,8-9H2,1-5H3,(H,18,19). The van der Waals surface area contributed by atoms with Crippen molar-refractivity contribution in [2.75, 3.05) is 20.8 Å². The molecular weight excluding hydrogens is 268 g/mol. The van der Waals surface area contributed by atoms with Gasteiger partial charge in [0, 0.05) is 30.6 Å². The molecule has 0 aromatic heterocycles. The van der Waals surface area contributed by atoms with Crippen LogP contribution in [0.15, 0.2) is 18.2 Å². The van der Waals surface area contributed by atoms with Gasteiger partial charge in [-0.1, -0.05) is 0 Å². The molecule has 118 valence electrons. The smallest absolute Gasteiger partial charge is 0.221 e. The van der Waals surface area contributed by atoms with Gasteiger partial charge < -0.3 is 20.1 Å². The van der Waals surface area contributed by atoms with Crippen molar-refractivity contribution in [1.82, 2.24) is 10.6 Å². The van der Waals surface area contributed by atoms with E-state index in [0.29, 0.717) is 13.0 Å². The molecule has 1 aromatic carbocycles. The molecule has 0 saturated carbocycles. The molecule has 1 amide bonds. The maximum atomic E-state index is 11.6. The Bertz CT molecular complexity index is 461. The zero-order valence-electron chi connectivity index (χ0n) is 13.5. The highest BCUT2D eigenvalue weighted by Gasteiger charge is 2.13. The highest BCUT2D eigenvalue weighted by molar-refractivity contribution is 5.76. The Kier molecular flexibility index (Phi) is 7.02. The van der Waals surface area contributed by atoms with Crippen molar-refractivity contribution in [2.45, 2.75) is 39.3 Å². The van der Waals surface area contributed by atoms with E-state index in [9.17, 15) is 4.79 Å². The highest BCUT2D eigenvalue weighted by atomic mass is 16.5. The summed E-state index contributed by atoms with van der Waals surface area (Å²) < 4.78 is 10.6. The van der Waals surface area contributed by atoms with Gasteiger partial charge in [0.25, 0.3) is 0 Å². The van der Waals surface area contributed by atoms with Crippen LogP contribution in [0.2, 0.25) is 0 Å². The van der Waals surface area contributed by atoms with Gasteiger partial charge in [-0.05, 0) is 39.0 Å². The molecule has 0 saturated heterocycles. The first-order chi connectivity index (χ1) is 9.97. The molecule has 21 heavy (non-hydrogen) atoms. The lowest BCUT2D eigenvalue weighted by atomic mass is 10.1. The molecule has 0 aliphatic carbocycles. The molecule has 5 heteroatoms. The molecule has 1 rings (SSSR count). The minimum atomic E-state index is 0.0577. The van der Waals surface area contributed by atoms with Gasteiger partial charge >= 0.3 is 0 Å². The zero-order valence-corrected chi connectivity index (χ0v) is 13.5. The van der Waals surface area contributed by atoms with Crippen LogP contribution < -0.4 is 20.1 Å². The average molecular weight is 294 g/mol. The predicted octanol–water partition coefficient (Wildman–Crippen LogP) is 2.27. The second kappa shape index (κ2) is 8.52. The van der Waals surface area contributed by atoms with E-state index in [2.05, 4.69) is 10.6 Å². The summed E-state index contributed by atoms with van der Waals surface area (Å²) in [5.74, 6) is 1.65. The Morgan fingerprint density at radius 3 is 2.48 bits per heavy atom. The summed E-state index contributed by atoms with van der Waals surface area (Å²) in [7, 11) is 3.29. The molecule has 2 N–H and O–H groups in total. The summed E-state index contributed by atoms with van der Waals surface area (Å²) in [6.45, 7) is 6.56. The summed E-state index contributed by atoms with van der Waals surface area (Å²) in [4.78, 5) is 11.6. The number of nitrogens with one attached hydrogen (secondary N) is 2. The van der Waals surface area contributed by atoms with Crippen LogP contribution in [0.1, 0.15) is 38.8 Å². The topological polar surface area (TPSA) is 59.6 Å². The molecule has 1 aromatic rings. The van der Waals surface area contributed by atoms with E-state index in [1.807, 2.05) is 39.0 Å². The fourth-order valence-corrected chi connectivity index (χ4v) is 2.08. The number of ether oxygens (including phenoxy) is 2. The Morgan fingerprint density at radius 1 is 1.19 bits per heavy atom. The Balaban J connectivity index is 2.58. The normalized spacial score (nSPS) is 12.1. The SMILES string of the molecule is COc1ccc(OC)c(C(C)NCCC(=O)NC(C)C)c1. The fourth-order valence-electron chi connectivity index (χ4n) is 2.08. The van der Waals surface area contributed by atoms with Gasteiger partial charge in [0.05, 0.1) is 14.2 Å². The van der Waals surface area contributed by atoms with Crippen molar-refractivity contribution in [3.8, 4) is 11.5 Å². The summed E-state index contributed by atoms with van der Waals surface area (Å²) in [6, 6.07) is 5.95. The molecule has 1 atom stereocenters. The van der Waals surface area contributed by atoms with Crippen LogP contribution in [0.3, 0.4) is 0 Å². The van der Waals surface area contributed by atoms with Gasteiger partial charge in [-0.25, -0.2) is 0 Å². The summed E-state index contributed by atoms with van der Waals surface area (Å²) in [6.07, 6.45) is 0.453. The number of hydrogen-bond donors (Lipinski definition) is 2. The maximum absolute atomic E-state index is 11.6. The molecule has 0 aliphatic heterocycles. The molecule has 1 unspecified atom stereocenters. The quantitative estimate of drug-likeness (QED) is 0.772. The zero-order chi connectivity index (χ0) is 15.8. The number of amides is 1. The second-order valence-corrected chi connectivity index (χ2v) is 5.26. The number of carbonyl (C=O) groups excluding carboxylic acids is 1. The molecule has 0 spiro atoms. The Morgan fingerprint density at radius 2 is 1.90 bits per heavy atom. The Labute approximate surface area is 127 Å². The molecule has 0 fully saturated rings. The second-order valence-electron chi connectivity index (χ2n) is 5.26. The monoisotopic (exact) mass is 294 g/mol. The van der Waals surface area contributed by atoms with Crippen LogP contribution in [-0.4, -0.2) is 32.7 Å². The van der Waals surface area contributed by atoms with Crippen molar-refractivity contribution in [2.24, 2.45) is 0 Å². The van der Waals surface area contributed by atoms with Gasteiger partial charge in [0.15, 0.2) is 0 Å². The average Bonchev–Trinajstić information content (AvgIpc) is 2.45. The maximum Gasteiger partial charge on any atom is 0.221 e. The summed E-state index contributed by atoms with van der Waals surface area (Å²) in [5, 5.41) is 6.21. The number of benzene rings is 1. The fraction of sp³-hybridized carbons (Fsp3) is 0.562. The molecule has 0 aliphatic rings. The van der Waals surface area contributed by atoms with E-state index in [1.54, 1.807) is 14.2 Å². The van der Waals surface area contributed by atoms with Gasteiger partial charge in [0.1, 0.15) is 11.5 Å². The molecule has 0 bridgehead atoms. The number of rotatable bonds is 8. The van der Waals surface area contributed by atoms with Crippen molar-refractivity contribution < 1.29 is 14.3 Å². The van der Waals surface area contributed by atoms with E-state index in [-0.39, 0.29) is 18.0 Å². The van der Waals surface area contributed by atoms with Crippen LogP contribution >= 0.6 is 0 Å². The van der Waals surface area contributed by atoms with E-state index < -0.39 is 0 Å². The molecule has 0 radical (unpaired) electrons. The minimum absolute atomic E-state index is 0.0577. The van der Waals surface area contributed by atoms with E-state index >= 15 is 0 Å². The van der Waals surface area contributed by atoms with Gasteiger partial charge in [-0.3, -0.25) is 4.79 Å². The van der Waals surface area contributed by atoms with Gasteiger partial charge in [0.2, 0.25) is 5.91 Å². The number of carbonyl (C=O) groups is 1. The third-order valence-corrected chi connectivity index (χ3v) is 3.16. The molecule has 0 heterocycles. The van der Waals surface area contributed by atoms with E-state index in [1.165, 1.54) is 0 Å². The largest absolute Gasteiger partial charge is 0.497 e. The third-order valence-electron chi connectivity index (χ3n) is 3.16. The van der Waals surface area contributed by atoms with Crippen molar-refractivity contribution in [3.63, 3.8) is 0 Å². The first-order valence-corrected chi connectivity index (χ1v) is 7.22. The molecule has 5 nitrogen and oxygen atoms in total. The van der Waals surface area contributed by atoms with Crippen LogP contribution in [0.5, 0.6) is 11.5 Å². The lowest BCUT2D eigenvalue weighted by Gasteiger charge is -2.18. The lowest BCUT2D eigenvalue weighted by Crippen LogP contribution is -2.33. The third kappa shape index (κ3) is 5.63. The van der Waals surface area contributed by atoms with Crippen LogP contribution in [-0.2, 0) is 4.79 Å². The minimum Gasteiger partial charge on any atom is -0.497 e. The Hall–Kier alpha value is -1.75. The van der Waals surface area contributed by atoms with E-state index in [4.69, 9.17) is 9.47 Å². The molecular formula is C16H26N2O3. The van der Waals surface area contributed by atoms with Gasteiger partial charge in [-0.2, -0.15) is 0 Å². The van der Waals surface area contributed by atoms with Crippen LogP contribution in [0.4, 0.5) is 0 Å². The first-order valence-electron chi connectivity index (χ1n) is 7.22.